The number of hydrogen-bond acceptors (Lipinski definition) is 2. The summed E-state index contributed by atoms with van der Waals surface area (Å²) in [6.45, 7) is 2.03. The SMILES string of the molecule is CCCCC(=O)Nc1cc(C(N)=O)n(C)c1. The molecule has 1 aromatic heterocycles. The van der Waals surface area contributed by atoms with E-state index in [0.717, 1.165) is 12.8 Å². The number of nitrogens with one attached hydrogen (secondary N) is 1. The van der Waals surface area contributed by atoms with E-state index < -0.39 is 5.91 Å². The summed E-state index contributed by atoms with van der Waals surface area (Å²) in [7, 11) is 1.71. The Bertz CT molecular complexity index is 396. The van der Waals surface area contributed by atoms with Crippen LogP contribution in [0.3, 0.4) is 0 Å². The summed E-state index contributed by atoms with van der Waals surface area (Å²) < 4.78 is 1.60. The summed E-state index contributed by atoms with van der Waals surface area (Å²) >= 11 is 0. The molecule has 88 valence electrons. The van der Waals surface area contributed by atoms with Crippen LogP contribution in [0.4, 0.5) is 5.69 Å². The molecule has 0 aliphatic heterocycles. The molecule has 0 aromatic carbocycles. The molecule has 0 bridgehead atoms. The lowest BCUT2D eigenvalue weighted by molar-refractivity contribution is -0.116. The monoisotopic (exact) mass is 223 g/mol. The molecule has 0 spiro atoms. The molecule has 1 heterocycles. The van der Waals surface area contributed by atoms with Gasteiger partial charge in [-0.3, -0.25) is 9.59 Å². The molecular weight excluding hydrogens is 206 g/mol. The first-order chi connectivity index (χ1) is 7.54. The van der Waals surface area contributed by atoms with Crippen molar-refractivity contribution in [1.82, 2.24) is 4.57 Å². The van der Waals surface area contributed by atoms with Gasteiger partial charge in [-0.1, -0.05) is 13.3 Å². The summed E-state index contributed by atoms with van der Waals surface area (Å²) in [6.07, 6.45) is 4.01. The predicted octanol–water partition coefficient (Wildman–Crippen LogP) is 1.25. The summed E-state index contributed by atoms with van der Waals surface area (Å²) in [6, 6.07) is 1.58. The Balaban J connectivity index is 2.64. The molecule has 0 fully saturated rings. The van der Waals surface area contributed by atoms with Crippen LogP contribution in [0.25, 0.3) is 0 Å². The van der Waals surface area contributed by atoms with Gasteiger partial charge in [0.1, 0.15) is 5.69 Å². The summed E-state index contributed by atoms with van der Waals surface area (Å²) in [5, 5.41) is 2.73. The Kier molecular flexibility index (Phi) is 4.10. The molecule has 1 aromatic rings. The van der Waals surface area contributed by atoms with E-state index in [2.05, 4.69) is 5.32 Å². The molecule has 0 saturated carbocycles. The maximum absolute atomic E-state index is 11.4. The number of rotatable bonds is 5. The standard InChI is InChI=1S/C11H17N3O2/c1-3-4-5-10(15)13-8-6-9(11(12)16)14(2)7-8/h6-7H,3-5H2,1-2H3,(H2,12,16)(H,13,15). The van der Waals surface area contributed by atoms with E-state index in [0.29, 0.717) is 17.8 Å². The van der Waals surface area contributed by atoms with Gasteiger partial charge in [-0.15, -0.1) is 0 Å². The number of nitrogens with zero attached hydrogens (tertiary/aromatic N) is 1. The number of carbonyl (C=O) groups is 2. The van der Waals surface area contributed by atoms with E-state index in [1.165, 1.54) is 0 Å². The summed E-state index contributed by atoms with van der Waals surface area (Å²) in [5.74, 6) is -0.542. The fraction of sp³-hybridized carbons (Fsp3) is 0.455. The normalized spacial score (nSPS) is 10.1. The molecule has 1 rings (SSSR count). The highest BCUT2D eigenvalue weighted by atomic mass is 16.2. The number of primary amides is 1. The van der Waals surface area contributed by atoms with Crippen LogP contribution in [-0.4, -0.2) is 16.4 Å². The van der Waals surface area contributed by atoms with Gasteiger partial charge in [0.25, 0.3) is 5.91 Å². The molecular formula is C11H17N3O2. The molecule has 0 radical (unpaired) electrons. The van der Waals surface area contributed by atoms with Gasteiger partial charge in [-0.25, -0.2) is 0 Å². The van der Waals surface area contributed by atoms with Crippen LogP contribution >= 0.6 is 0 Å². The molecule has 16 heavy (non-hydrogen) atoms. The lowest BCUT2D eigenvalue weighted by Crippen LogP contribution is -2.14. The summed E-state index contributed by atoms with van der Waals surface area (Å²) in [5.41, 5.74) is 6.16. The summed E-state index contributed by atoms with van der Waals surface area (Å²) in [4.78, 5) is 22.4. The van der Waals surface area contributed by atoms with Crippen molar-refractivity contribution in [2.75, 3.05) is 5.32 Å². The van der Waals surface area contributed by atoms with Crippen molar-refractivity contribution >= 4 is 17.5 Å². The molecule has 0 saturated heterocycles. The smallest absolute Gasteiger partial charge is 0.265 e. The van der Waals surface area contributed by atoms with Crippen molar-refractivity contribution in [3.8, 4) is 0 Å². The minimum absolute atomic E-state index is 0.0385. The third kappa shape index (κ3) is 3.12. The van der Waals surface area contributed by atoms with Crippen LogP contribution in [0.5, 0.6) is 0 Å². The van der Waals surface area contributed by atoms with Gasteiger partial charge in [0.05, 0.1) is 5.69 Å². The highest BCUT2D eigenvalue weighted by Crippen LogP contribution is 2.12. The number of aromatic nitrogens is 1. The molecule has 0 aliphatic carbocycles. The van der Waals surface area contributed by atoms with Crippen LogP contribution in [0.1, 0.15) is 36.7 Å². The first kappa shape index (κ1) is 12.3. The first-order valence-electron chi connectivity index (χ1n) is 5.30. The van der Waals surface area contributed by atoms with Crippen LogP contribution in [0.2, 0.25) is 0 Å². The Morgan fingerprint density at radius 1 is 1.50 bits per heavy atom. The van der Waals surface area contributed by atoms with Gasteiger partial charge in [-0.05, 0) is 12.5 Å². The largest absolute Gasteiger partial charge is 0.364 e. The number of carbonyl (C=O) groups excluding carboxylic acids is 2. The average molecular weight is 223 g/mol. The molecule has 5 nitrogen and oxygen atoms in total. The number of nitrogens with two attached hydrogens (primary N) is 1. The maximum atomic E-state index is 11.4. The average Bonchev–Trinajstić information content (AvgIpc) is 2.56. The Labute approximate surface area is 94.6 Å². The van der Waals surface area contributed by atoms with Gasteiger partial charge in [-0.2, -0.15) is 0 Å². The zero-order chi connectivity index (χ0) is 12.1. The van der Waals surface area contributed by atoms with E-state index in [1.807, 2.05) is 6.92 Å². The Morgan fingerprint density at radius 2 is 2.19 bits per heavy atom. The lowest BCUT2D eigenvalue weighted by Gasteiger charge is -2.00. The van der Waals surface area contributed by atoms with Gasteiger partial charge in [0, 0.05) is 19.7 Å². The van der Waals surface area contributed by atoms with E-state index >= 15 is 0 Å². The second-order valence-electron chi connectivity index (χ2n) is 3.74. The van der Waals surface area contributed by atoms with Crippen molar-refractivity contribution in [3.63, 3.8) is 0 Å². The number of aryl methyl sites for hydroxylation is 1. The van der Waals surface area contributed by atoms with Gasteiger partial charge >= 0.3 is 0 Å². The van der Waals surface area contributed by atoms with Gasteiger partial charge in [0.2, 0.25) is 5.91 Å². The highest BCUT2D eigenvalue weighted by molar-refractivity contribution is 5.95. The fourth-order valence-electron chi connectivity index (χ4n) is 1.44. The minimum Gasteiger partial charge on any atom is -0.364 e. The number of amides is 2. The number of unbranched alkanes of at least 4 members (excludes halogenated alkanes) is 1. The second kappa shape index (κ2) is 5.34. The molecule has 0 aliphatic rings. The van der Waals surface area contributed by atoms with Crippen LogP contribution in [0, 0.1) is 0 Å². The van der Waals surface area contributed by atoms with Crippen molar-refractivity contribution in [3.05, 3.63) is 18.0 Å². The minimum atomic E-state index is -0.503. The molecule has 2 amide bonds. The molecule has 3 N–H and O–H groups in total. The van der Waals surface area contributed by atoms with Crippen LogP contribution in [-0.2, 0) is 11.8 Å². The Morgan fingerprint density at radius 3 is 2.69 bits per heavy atom. The highest BCUT2D eigenvalue weighted by Gasteiger charge is 2.09. The maximum Gasteiger partial charge on any atom is 0.265 e. The second-order valence-corrected chi connectivity index (χ2v) is 3.74. The lowest BCUT2D eigenvalue weighted by atomic mass is 10.2. The molecule has 0 atom stereocenters. The zero-order valence-corrected chi connectivity index (χ0v) is 9.62. The van der Waals surface area contributed by atoms with E-state index in [-0.39, 0.29) is 5.91 Å². The van der Waals surface area contributed by atoms with Crippen molar-refractivity contribution in [1.29, 1.82) is 0 Å². The zero-order valence-electron chi connectivity index (χ0n) is 9.62. The first-order valence-corrected chi connectivity index (χ1v) is 5.30. The topological polar surface area (TPSA) is 77.1 Å². The van der Waals surface area contributed by atoms with E-state index in [9.17, 15) is 9.59 Å². The number of hydrogen-bond donors (Lipinski definition) is 2. The number of anilines is 1. The Hall–Kier alpha value is -1.78. The van der Waals surface area contributed by atoms with Crippen molar-refractivity contribution in [2.45, 2.75) is 26.2 Å². The van der Waals surface area contributed by atoms with E-state index in [4.69, 9.17) is 5.73 Å². The quantitative estimate of drug-likeness (QED) is 0.788. The van der Waals surface area contributed by atoms with Crippen molar-refractivity contribution < 1.29 is 9.59 Å². The van der Waals surface area contributed by atoms with Crippen LogP contribution in [0.15, 0.2) is 12.3 Å². The van der Waals surface area contributed by atoms with Crippen LogP contribution < -0.4 is 11.1 Å². The molecule has 5 heteroatoms. The third-order valence-electron chi connectivity index (χ3n) is 2.30. The van der Waals surface area contributed by atoms with Crippen molar-refractivity contribution in [2.24, 2.45) is 12.8 Å². The molecule has 0 unspecified atom stereocenters. The van der Waals surface area contributed by atoms with Gasteiger partial charge in [0.15, 0.2) is 0 Å². The van der Waals surface area contributed by atoms with Gasteiger partial charge < -0.3 is 15.6 Å². The third-order valence-corrected chi connectivity index (χ3v) is 2.30. The van der Waals surface area contributed by atoms with E-state index in [1.54, 1.807) is 23.9 Å². The fourth-order valence-corrected chi connectivity index (χ4v) is 1.44. The predicted molar refractivity (Wildman–Crippen MR) is 62.1 cm³/mol.